The molecule has 0 spiro atoms. The highest BCUT2D eigenvalue weighted by atomic mass is 16.2. The quantitative estimate of drug-likeness (QED) is 0.564. The molecule has 0 aliphatic carbocycles. The average molecular weight is 142 g/mol. The fourth-order valence-corrected chi connectivity index (χ4v) is 0.898. The van der Waals surface area contributed by atoms with Gasteiger partial charge in [0.15, 0.2) is 0 Å². The highest BCUT2D eigenvalue weighted by Crippen LogP contribution is 2.01. The van der Waals surface area contributed by atoms with Crippen LogP contribution < -0.4 is 10.6 Å². The molecule has 10 heavy (non-hydrogen) atoms. The van der Waals surface area contributed by atoms with E-state index < -0.39 is 0 Å². The summed E-state index contributed by atoms with van der Waals surface area (Å²) in [5.41, 5.74) is 0. The fraction of sp³-hybridized carbons (Fsp3) is 0.857. The van der Waals surface area contributed by atoms with Crippen molar-refractivity contribution in [3.8, 4) is 0 Å². The summed E-state index contributed by atoms with van der Waals surface area (Å²) < 4.78 is 0. The molecule has 58 valence electrons. The summed E-state index contributed by atoms with van der Waals surface area (Å²) in [6, 6.07) is 0.345. The van der Waals surface area contributed by atoms with E-state index >= 15 is 0 Å². The van der Waals surface area contributed by atoms with Crippen molar-refractivity contribution in [2.75, 3.05) is 6.54 Å². The lowest BCUT2D eigenvalue weighted by Crippen LogP contribution is -2.54. The molecular weight excluding hydrogens is 128 g/mol. The second kappa shape index (κ2) is 3.01. The Kier molecular flexibility index (Phi) is 2.27. The summed E-state index contributed by atoms with van der Waals surface area (Å²) in [6.07, 6.45) is 0.985. The SMILES string of the molecule is CC(C)NC(=O)C1CCN1. The van der Waals surface area contributed by atoms with Gasteiger partial charge >= 0.3 is 0 Å². The number of carbonyl (C=O) groups excluding carboxylic acids is 1. The molecule has 0 aromatic heterocycles. The van der Waals surface area contributed by atoms with E-state index in [0.29, 0.717) is 0 Å². The van der Waals surface area contributed by atoms with Gasteiger partial charge in [-0.2, -0.15) is 0 Å². The van der Waals surface area contributed by atoms with E-state index in [0.717, 1.165) is 13.0 Å². The van der Waals surface area contributed by atoms with Crippen LogP contribution in [0.3, 0.4) is 0 Å². The van der Waals surface area contributed by atoms with Gasteiger partial charge in [0.05, 0.1) is 6.04 Å². The first-order valence-corrected chi connectivity index (χ1v) is 3.74. The van der Waals surface area contributed by atoms with Crippen LogP contribution in [-0.2, 0) is 4.79 Å². The van der Waals surface area contributed by atoms with Gasteiger partial charge in [-0.1, -0.05) is 0 Å². The average Bonchev–Trinajstić information content (AvgIpc) is 1.55. The highest BCUT2D eigenvalue weighted by Gasteiger charge is 2.24. The highest BCUT2D eigenvalue weighted by molar-refractivity contribution is 5.82. The second-order valence-electron chi connectivity index (χ2n) is 2.96. The van der Waals surface area contributed by atoms with Crippen LogP contribution in [0, 0.1) is 0 Å². The first kappa shape index (κ1) is 7.54. The Morgan fingerprint density at radius 2 is 2.30 bits per heavy atom. The molecule has 1 fully saturated rings. The number of hydrogen-bond acceptors (Lipinski definition) is 2. The monoisotopic (exact) mass is 142 g/mol. The van der Waals surface area contributed by atoms with E-state index in [1.165, 1.54) is 0 Å². The molecule has 1 saturated heterocycles. The largest absolute Gasteiger partial charge is 0.353 e. The molecule has 1 unspecified atom stereocenters. The molecule has 1 rings (SSSR count). The number of rotatable bonds is 2. The summed E-state index contributed by atoms with van der Waals surface area (Å²) >= 11 is 0. The van der Waals surface area contributed by atoms with Crippen molar-refractivity contribution in [2.24, 2.45) is 0 Å². The maximum atomic E-state index is 11.1. The summed E-state index contributed by atoms with van der Waals surface area (Å²) in [5.74, 6) is 0.140. The van der Waals surface area contributed by atoms with Gasteiger partial charge < -0.3 is 10.6 Å². The van der Waals surface area contributed by atoms with Crippen molar-refractivity contribution in [1.82, 2.24) is 10.6 Å². The Morgan fingerprint density at radius 1 is 1.70 bits per heavy atom. The molecule has 0 saturated carbocycles. The Labute approximate surface area is 61.2 Å². The zero-order valence-electron chi connectivity index (χ0n) is 6.48. The normalized spacial score (nSPS) is 24.1. The lowest BCUT2D eigenvalue weighted by Gasteiger charge is -2.27. The van der Waals surface area contributed by atoms with Crippen LogP contribution in [0.2, 0.25) is 0 Å². The van der Waals surface area contributed by atoms with Crippen LogP contribution in [0.1, 0.15) is 20.3 Å². The van der Waals surface area contributed by atoms with Crippen molar-refractivity contribution in [3.05, 3.63) is 0 Å². The van der Waals surface area contributed by atoms with Gasteiger partial charge in [-0.15, -0.1) is 0 Å². The van der Waals surface area contributed by atoms with Crippen molar-refractivity contribution in [3.63, 3.8) is 0 Å². The van der Waals surface area contributed by atoms with Crippen molar-refractivity contribution in [2.45, 2.75) is 32.4 Å². The number of nitrogens with one attached hydrogen (secondary N) is 2. The molecular formula is C7H14N2O. The minimum atomic E-state index is 0.0856. The van der Waals surface area contributed by atoms with Gasteiger partial charge in [0, 0.05) is 6.04 Å². The molecule has 0 aromatic rings. The summed E-state index contributed by atoms with van der Waals surface area (Å²) in [6.45, 7) is 4.92. The van der Waals surface area contributed by atoms with Crippen LogP contribution in [-0.4, -0.2) is 24.5 Å². The van der Waals surface area contributed by atoms with Gasteiger partial charge in [0.2, 0.25) is 5.91 Å². The van der Waals surface area contributed by atoms with Crippen molar-refractivity contribution >= 4 is 5.91 Å². The van der Waals surface area contributed by atoms with Crippen molar-refractivity contribution in [1.29, 1.82) is 0 Å². The fourth-order valence-electron chi connectivity index (χ4n) is 0.898. The van der Waals surface area contributed by atoms with Gasteiger partial charge in [-0.05, 0) is 26.8 Å². The summed E-state index contributed by atoms with van der Waals surface area (Å²) in [5, 5.41) is 5.88. The molecule has 3 nitrogen and oxygen atoms in total. The standard InChI is InChI=1S/C7H14N2O/c1-5(2)9-7(10)6-3-4-8-6/h5-6,8H,3-4H2,1-2H3,(H,9,10). The molecule has 1 amide bonds. The minimum Gasteiger partial charge on any atom is -0.353 e. The zero-order chi connectivity index (χ0) is 7.56. The van der Waals surface area contributed by atoms with Gasteiger partial charge in [-0.3, -0.25) is 4.79 Å². The first-order valence-electron chi connectivity index (χ1n) is 3.74. The van der Waals surface area contributed by atoms with Crippen LogP contribution in [0.25, 0.3) is 0 Å². The molecule has 0 radical (unpaired) electrons. The predicted octanol–water partition coefficient (Wildman–Crippen LogP) is -0.127. The van der Waals surface area contributed by atoms with E-state index in [1.807, 2.05) is 13.8 Å². The molecule has 1 aliphatic rings. The van der Waals surface area contributed by atoms with Gasteiger partial charge in [0.1, 0.15) is 0 Å². The smallest absolute Gasteiger partial charge is 0.237 e. The molecule has 3 heteroatoms. The first-order chi connectivity index (χ1) is 4.70. The zero-order valence-corrected chi connectivity index (χ0v) is 6.48. The van der Waals surface area contributed by atoms with Crippen LogP contribution in [0.4, 0.5) is 0 Å². The number of hydrogen-bond donors (Lipinski definition) is 2. The summed E-state index contributed by atoms with van der Waals surface area (Å²) in [7, 11) is 0. The van der Waals surface area contributed by atoms with E-state index in [2.05, 4.69) is 10.6 Å². The topological polar surface area (TPSA) is 41.1 Å². The molecule has 0 aromatic carbocycles. The summed E-state index contributed by atoms with van der Waals surface area (Å²) in [4.78, 5) is 11.1. The van der Waals surface area contributed by atoms with E-state index in [4.69, 9.17) is 0 Å². The third-order valence-electron chi connectivity index (χ3n) is 1.57. The molecule has 1 aliphatic heterocycles. The maximum Gasteiger partial charge on any atom is 0.237 e. The lowest BCUT2D eigenvalue weighted by molar-refractivity contribution is -0.125. The van der Waals surface area contributed by atoms with Gasteiger partial charge in [-0.25, -0.2) is 0 Å². The lowest BCUT2D eigenvalue weighted by atomic mass is 10.1. The third-order valence-corrected chi connectivity index (χ3v) is 1.57. The van der Waals surface area contributed by atoms with E-state index in [9.17, 15) is 4.79 Å². The molecule has 1 atom stereocenters. The molecule has 2 N–H and O–H groups in total. The van der Waals surface area contributed by atoms with E-state index in [-0.39, 0.29) is 18.0 Å². The Bertz CT molecular complexity index is 130. The Morgan fingerprint density at radius 3 is 2.60 bits per heavy atom. The van der Waals surface area contributed by atoms with Gasteiger partial charge in [0.25, 0.3) is 0 Å². The van der Waals surface area contributed by atoms with Crippen LogP contribution in [0.5, 0.6) is 0 Å². The predicted molar refractivity (Wildman–Crippen MR) is 39.7 cm³/mol. The Hall–Kier alpha value is -0.570. The number of amides is 1. The Balaban J connectivity index is 2.20. The third kappa shape index (κ3) is 1.70. The number of carbonyl (C=O) groups is 1. The molecule has 1 heterocycles. The van der Waals surface area contributed by atoms with Crippen LogP contribution in [0.15, 0.2) is 0 Å². The minimum absolute atomic E-state index is 0.0856. The maximum absolute atomic E-state index is 11.1. The van der Waals surface area contributed by atoms with Crippen LogP contribution >= 0.6 is 0 Å². The second-order valence-corrected chi connectivity index (χ2v) is 2.96. The molecule has 0 bridgehead atoms. The van der Waals surface area contributed by atoms with Crippen molar-refractivity contribution < 1.29 is 4.79 Å². The van der Waals surface area contributed by atoms with E-state index in [1.54, 1.807) is 0 Å².